The normalized spacial score (nSPS) is 16.8. The number of hydrogen-bond acceptors (Lipinski definition) is 4. The van der Waals surface area contributed by atoms with Crippen molar-refractivity contribution in [3.63, 3.8) is 0 Å². The minimum absolute atomic E-state index is 0.0752. The lowest BCUT2D eigenvalue weighted by atomic mass is 9.92. The highest BCUT2D eigenvalue weighted by atomic mass is 16.5. The fraction of sp³-hybridized carbons (Fsp3) is 0.222. The number of amides is 1. The van der Waals surface area contributed by atoms with Crippen LogP contribution in [0, 0.1) is 0 Å². The third kappa shape index (κ3) is 2.55. The lowest BCUT2D eigenvalue weighted by molar-refractivity contribution is 0.102. The van der Waals surface area contributed by atoms with Gasteiger partial charge in [-0.3, -0.25) is 9.78 Å². The number of carbonyl (C=O) groups excluding carboxylic acids is 1. The van der Waals surface area contributed by atoms with Gasteiger partial charge in [0.05, 0.1) is 17.9 Å². The molecule has 0 aliphatic heterocycles. The standard InChI is InChI=1S/C18H18N4O2/c23-18(20-12-3-2-8-19-10-12)11-6-7-15-14(9-11)13-4-1-5-16(22-24)17(13)21-15/h2-3,6-10,16,21-22,24H,1,4-5H2,(H,20,23). The topological polar surface area (TPSA) is 90.0 Å². The maximum atomic E-state index is 12.5. The first kappa shape index (κ1) is 14.9. The number of benzene rings is 1. The molecule has 6 heteroatoms. The van der Waals surface area contributed by atoms with Gasteiger partial charge < -0.3 is 15.5 Å². The quantitative estimate of drug-likeness (QED) is 0.558. The third-order valence-corrected chi connectivity index (χ3v) is 4.54. The van der Waals surface area contributed by atoms with Gasteiger partial charge in [0.2, 0.25) is 0 Å². The van der Waals surface area contributed by atoms with Crippen LogP contribution in [0.4, 0.5) is 5.69 Å². The van der Waals surface area contributed by atoms with E-state index in [0.29, 0.717) is 11.3 Å². The highest BCUT2D eigenvalue weighted by Gasteiger charge is 2.24. The molecule has 1 aromatic carbocycles. The van der Waals surface area contributed by atoms with Gasteiger partial charge in [0.25, 0.3) is 5.91 Å². The number of rotatable bonds is 3. The zero-order valence-electron chi connectivity index (χ0n) is 13.0. The molecule has 24 heavy (non-hydrogen) atoms. The number of nitrogens with zero attached hydrogens (tertiary/aromatic N) is 1. The summed E-state index contributed by atoms with van der Waals surface area (Å²) in [6.45, 7) is 0. The monoisotopic (exact) mass is 322 g/mol. The van der Waals surface area contributed by atoms with Gasteiger partial charge in [0, 0.05) is 28.4 Å². The fourth-order valence-electron chi connectivity index (χ4n) is 3.37. The molecule has 1 atom stereocenters. The van der Waals surface area contributed by atoms with Crippen LogP contribution in [-0.2, 0) is 6.42 Å². The first-order valence-corrected chi connectivity index (χ1v) is 8.02. The van der Waals surface area contributed by atoms with E-state index in [1.807, 2.05) is 12.1 Å². The summed E-state index contributed by atoms with van der Waals surface area (Å²) in [4.78, 5) is 19.8. The summed E-state index contributed by atoms with van der Waals surface area (Å²) in [6, 6.07) is 9.14. The molecule has 0 fully saturated rings. The summed E-state index contributed by atoms with van der Waals surface area (Å²) >= 11 is 0. The number of H-pyrrole nitrogens is 1. The average Bonchev–Trinajstić information content (AvgIpc) is 3.00. The van der Waals surface area contributed by atoms with Crippen molar-refractivity contribution >= 4 is 22.5 Å². The van der Waals surface area contributed by atoms with Crippen molar-refractivity contribution in [1.82, 2.24) is 15.4 Å². The number of aryl methyl sites for hydroxylation is 1. The molecule has 3 aromatic rings. The Morgan fingerprint density at radius 2 is 2.25 bits per heavy atom. The smallest absolute Gasteiger partial charge is 0.255 e. The Bertz CT molecular complexity index is 889. The van der Waals surface area contributed by atoms with Gasteiger partial charge >= 0.3 is 0 Å². The van der Waals surface area contributed by atoms with Crippen LogP contribution in [-0.4, -0.2) is 21.1 Å². The van der Waals surface area contributed by atoms with Crippen LogP contribution in [0.25, 0.3) is 10.9 Å². The number of hydroxylamine groups is 1. The predicted molar refractivity (Wildman–Crippen MR) is 91.1 cm³/mol. The molecule has 0 spiro atoms. The molecule has 2 aromatic heterocycles. The number of aromatic nitrogens is 2. The summed E-state index contributed by atoms with van der Waals surface area (Å²) in [5.74, 6) is -0.160. The Kier molecular flexibility index (Phi) is 3.76. The predicted octanol–water partition coefficient (Wildman–Crippen LogP) is 3.17. The second-order valence-electron chi connectivity index (χ2n) is 6.05. The first-order chi connectivity index (χ1) is 11.8. The maximum Gasteiger partial charge on any atom is 0.255 e. The van der Waals surface area contributed by atoms with Gasteiger partial charge in [-0.15, -0.1) is 0 Å². The SMILES string of the molecule is O=C(Nc1cccnc1)c1ccc2[nH]c3c(c2c1)CCCC3NO. The van der Waals surface area contributed by atoms with E-state index >= 15 is 0 Å². The molecule has 1 amide bonds. The van der Waals surface area contributed by atoms with E-state index in [9.17, 15) is 10.0 Å². The summed E-state index contributed by atoms with van der Waals surface area (Å²) in [5, 5.41) is 13.2. The Morgan fingerprint density at radius 3 is 3.04 bits per heavy atom. The largest absolute Gasteiger partial charge is 0.357 e. The maximum absolute atomic E-state index is 12.5. The van der Waals surface area contributed by atoms with E-state index in [1.54, 1.807) is 30.6 Å². The number of carbonyl (C=O) groups is 1. The number of fused-ring (bicyclic) bond motifs is 3. The molecule has 4 N–H and O–H groups in total. The molecule has 0 radical (unpaired) electrons. The van der Waals surface area contributed by atoms with Gasteiger partial charge in [0.15, 0.2) is 0 Å². The summed E-state index contributed by atoms with van der Waals surface area (Å²) in [7, 11) is 0. The molecular formula is C18H18N4O2. The Morgan fingerprint density at radius 1 is 1.33 bits per heavy atom. The number of nitrogens with one attached hydrogen (secondary N) is 3. The first-order valence-electron chi connectivity index (χ1n) is 8.02. The summed E-state index contributed by atoms with van der Waals surface area (Å²) in [5.41, 5.74) is 6.83. The van der Waals surface area contributed by atoms with Crippen molar-refractivity contribution in [2.24, 2.45) is 0 Å². The van der Waals surface area contributed by atoms with Crippen LogP contribution >= 0.6 is 0 Å². The minimum atomic E-state index is -0.160. The zero-order chi connectivity index (χ0) is 16.5. The number of aromatic amines is 1. The lowest BCUT2D eigenvalue weighted by Gasteiger charge is -2.20. The number of anilines is 1. The number of pyridine rings is 1. The highest BCUT2D eigenvalue weighted by molar-refractivity contribution is 6.06. The Hall–Kier alpha value is -2.70. The van der Waals surface area contributed by atoms with Crippen molar-refractivity contribution in [3.8, 4) is 0 Å². The second kappa shape index (κ2) is 6.07. The van der Waals surface area contributed by atoms with E-state index in [4.69, 9.17) is 0 Å². The van der Waals surface area contributed by atoms with E-state index in [0.717, 1.165) is 35.9 Å². The second-order valence-corrected chi connectivity index (χ2v) is 6.05. The van der Waals surface area contributed by atoms with Crippen molar-refractivity contribution in [3.05, 3.63) is 59.5 Å². The molecular weight excluding hydrogens is 304 g/mol. The summed E-state index contributed by atoms with van der Waals surface area (Å²) in [6.07, 6.45) is 6.13. The minimum Gasteiger partial charge on any atom is -0.357 e. The highest BCUT2D eigenvalue weighted by Crippen LogP contribution is 2.34. The van der Waals surface area contributed by atoms with E-state index in [1.165, 1.54) is 5.56 Å². The Labute approximate surface area is 138 Å². The molecule has 0 saturated carbocycles. The molecule has 122 valence electrons. The van der Waals surface area contributed by atoms with Crippen molar-refractivity contribution in [2.75, 3.05) is 5.32 Å². The molecule has 1 aliphatic carbocycles. The molecule has 1 unspecified atom stereocenters. The van der Waals surface area contributed by atoms with Crippen LogP contribution in [0.1, 0.15) is 40.5 Å². The van der Waals surface area contributed by atoms with Gasteiger partial charge in [-0.2, -0.15) is 5.48 Å². The average molecular weight is 322 g/mol. The van der Waals surface area contributed by atoms with Gasteiger partial charge in [-0.1, -0.05) is 0 Å². The van der Waals surface area contributed by atoms with Crippen LogP contribution < -0.4 is 10.8 Å². The lowest BCUT2D eigenvalue weighted by Crippen LogP contribution is -2.21. The van der Waals surface area contributed by atoms with Gasteiger partial charge in [-0.25, -0.2) is 0 Å². The van der Waals surface area contributed by atoms with Crippen molar-refractivity contribution in [2.45, 2.75) is 25.3 Å². The van der Waals surface area contributed by atoms with Crippen LogP contribution in [0.5, 0.6) is 0 Å². The van der Waals surface area contributed by atoms with Gasteiger partial charge in [0.1, 0.15) is 0 Å². The van der Waals surface area contributed by atoms with E-state index < -0.39 is 0 Å². The van der Waals surface area contributed by atoms with E-state index in [-0.39, 0.29) is 11.9 Å². The molecule has 4 rings (SSSR count). The molecule has 0 saturated heterocycles. The third-order valence-electron chi connectivity index (χ3n) is 4.54. The van der Waals surface area contributed by atoms with Crippen LogP contribution in [0.3, 0.4) is 0 Å². The van der Waals surface area contributed by atoms with Gasteiger partial charge in [-0.05, 0) is 55.2 Å². The number of hydrogen-bond donors (Lipinski definition) is 4. The fourth-order valence-corrected chi connectivity index (χ4v) is 3.37. The van der Waals surface area contributed by atoms with Crippen LogP contribution in [0.15, 0.2) is 42.7 Å². The Balaban J connectivity index is 1.69. The molecule has 6 nitrogen and oxygen atoms in total. The zero-order valence-corrected chi connectivity index (χ0v) is 13.0. The van der Waals surface area contributed by atoms with Crippen LogP contribution in [0.2, 0.25) is 0 Å². The molecule has 0 bridgehead atoms. The summed E-state index contributed by atoms with van der Waals surface area (Å²) < 4.78 is 0. The molecule has 1 aliphatic rings. The van der Waals surface area contributed by atoms with E-state index in [2.05, 4.69) is 20.8 Å². The van der Waals surface area contributed by atoms with Crippen molar-refractivity contribution in [1.29, 1.82) is 0 Å². The molecule has 2 heterocycles. The van der Waals surface area contributed by atoms with Crippen molar-refractivity contribution < 1.29 is 10.0 Å².